The zero-order valence-electron chi connectivity index (χ0n) is 8.00. The normalized spacial score (nSPS) is 19.8. The van der Waals surface area contributed by atoms with Crippen LogP contribution in [0, 0.1) is 5.82 Å². The largest absolute Gasteiger partial charge is 0.370 e. The first-order chi connectivity index (χ1) is 7.58. The number of benzene rings is 1. The average Bonchev–Trinajstić information content (AvgIpc) is 2.15. The lowest BCUT2D eigenvalue weighted by atomic mass is 10.1. The van der Waals surface area contributed by atoms with Crippen LogP contribution in [-0.4, -0.2) is 11.1 Å². The molecule has 0 bridgehead atoms. The summed E-state index contributed by atoms with van der Waals surface area (Å²) < 4.78 is 13.6. The van der Waals surface area contributed by atoms with E-state index in [1.165, 1.54) is 12.1 Å². The summed E-state index contributed by atoms with van der Waals surface area (Å²) in [4.78, 5) is 3.98. The van der Waals surface area contributed by atoms with Gasteiger partial charge in [-0.2, -0.15) is 0 Å². The van der Waals surface area contributed by atoms with Crippen LogP contribution in [0.2, 0.25) is 5.02 Å². The van der Waals surface area contributed by atoms with Crippen LogP contribution < -0.4 is 16.4 Å². The van der Waals surface area contributed by atoms with Gasteiger partial charge in [0.2, 0.25) is 0 Å². The molecule has 0 spiro atoms. The lowest BCUT2D eigenvalue weighted by molar-refractivity contribution is 0.564. The van der Waals surface area contributed by atoms with Crippen molar-refractivity contribution < 1.29 is 4.39 Å². The number of nitrogens with zero attached hydrogens (tertiary/aromatic N) is 1. The zero-order valence-corrected chi connectivity index (χ0v) is 9.57. The summed E-state index contributed by atoms with van der Waals surface area (Å²) in [6.07, 6.45) is -0.692. The van der Waals surface area contributed by atoms with E-state index >= 15 is 0 Å². The number of guanidine groups is 1. The van der Waals surface area contributed by atoms with Crippen LogP contribution in [0.4, 0.5) is 4.39 Å². The van der Waals surface area contributed by atoms with E-state index in [-0.39, 0.29) is 21.7 Å². The number of nitrogens with two attached hydrogens (primary N) is 1. The van der Waals surface area contributed by atoms with Crippen molar-refractivity contribution in [2.75, 3.05) is 0 Å². The molecule has 0 saturated carbocycles. The van der Waals surface area contributed by atoms with Crippen molar-refractivity contribution in [2.45, 2.75) is 6.17 Å². The molecule has 4 N–H and O–H groups in total. The fraction of sp³-hybridized carbons (Fsp3) is 0.111. The maximum absolute atomic E-state index is 13.6. The molecule has 0 unspecified atom stereocenters. The highest BCUT2D eigenvalue weighted by molar-refractivity contribution is 7.80. The van der Waals surface area contributed by atoms with Crippen LogP contribution in [0.15, 0.2) is 23.2 Å². The summed E-state index contributed by atoms with van der Waals surface area (Å²) in [5.74, 6) is -0.320. The highest BCUT2D eigenvalue weighted by Crippen LogP contribution is 2.27. The Labute approximate surface area is 102 Å². The van der Waals surface area contributed by atoms with E-state index in [0.717, 1.165) is 0 Å². The molecule has 4 nitrogen and oxygen atoms in total. The monoisotopic (exact) mass is 258 g/mol. The number of nitrogens with one attached hydrogen (secondary N) is 2. The molecule has 1 aromatic rings. The summed E-state index contributed by atoms with van der Waals surface area (Å²) in [6.45, 7) is 0. The molecule has 0 radical (unpaired) electrons. The molecule has 84 valence electrons. The Kier molecular flexibility index (Phi) is 2.93. The van der Waals surface area contributed by atoms with Gasteiger partial charge in [-0.1, -0.05) is 17.7 Å². The van der Waals surface area contributed by atoms with Gasteiger partial charge in [0.25, 0.3) is 0 Å². The van der Waals surface area contributed by atoms with Gasteiger partial charge in [0, 0.05) is 0 Å². The molecule has 1 aliphatic heterocycles. The minimum Gasteiger partial charge on any atom is -0.370 e. The molecular formula is C9H8ClFN4S. The molecule has 0 aromatic heterocycles. The van der Waals surface area contributed by atoms with E-state index in [9.17, 15) is 4.39 Å². The molecule has 2 rings (SSSR count). The number of hydrogen-bond donors (Lipinski definition) is 3. The zero-order chi connectivity index (χ0) is 11.7. The average molecular weight is 259 g/mol. The summed E-state index contributed by atoms with van der Waals surface area (Å²) in [5.41, 5.74) is 5.73. The molecule has 1 aromatic carbocycles. The third-order valence-corrected chi connectivity index (χ3v) is 2.60. The van der Waals surface area contributed by atoms with Gasteiger partial charge < -0.3 is 16.4 Å². The SMILES string of the molecule is NC1=N[C@@H](c2c(F)cccc2Cl)NC(=S)N1. The Morgan fingerprint density at radius 1 is 1.50 bits per heavy atom. The lowest BCUT2D eigenvalue weighted by Crippen LogP contribution is -2.49. The number of halogens is 2. The van der Waals surface area contributed by atoms with Crippen LogP contribution in [0.3, 0.4) is 0 Å². The van der Waals surface area contributed by atoms with E-state index < -0.39 is 12.0 Å². The van der Waals surface area contributed by atoms with E-state index in [1.54, 1.807) is 6.07 Å². The molecule has 16 heavy (non-hydrogen) atoms. The minimum absolute atomic E-state index is 0.132. The second-order valence-electron chi connectivity index (χ2n) is 3.15. The highest BCUT2D eigenvalue weighted by Gasteiger charge is 2.22. The van der Waals surface area contributed by atoms with Crippen LogP contribution in [0.5, 0.6) is 0 Å². The first kappa shape index (κ1) is 11.1. The summed E-state index contributed by atoms with van der Waals surface area (Å²) >= 11 is 10.8. The second-order valence-corrected chi connectivity index (χ2v) is 3.97. The van der Waals surface area contributed by atoms with Gasteiger partial charge in [0.15, 0.2) is 17.2 Å². The summed E-state index contributed by atoms with van der Waals surface area (Å²) in [7, 11) is 0. The third kappa shape index (κ3) is 2.07. The molecule has 0 amide bonds. The van der Waals surface area contributed by atoms with E-state index in [2.05, 4.69) is 15.6 Å². The fourth-order valence-electron chi connectivity index (χ4n) is 1.39. The Bertz CT molecular complexity index is 456. The van der Waals surface area contributed by atoms with E-state index in [1.807, 2.05) is 0 Å². The van der Waals surface area contributed by atoms with Crippen molar-refractivity contribution in [3.05, 3.63) is 34.6 Å². The second kappa shape index (κ2) is 4.23. The van der Waals surface area contributed by atoms with Crippen molar-refractivity contribution in [1.29, 1.82) is 0 Å². The smallest absolute Gasteiger partial charge is 0.197 e. The highest BCUT2D eigenvalue weighted by atomic mass is 35.5. The minimum atomic E-state index is -0.692. The predicted octanol–water partition coefficient (Wildman–Crippen LogP) is 1.27. The Morgan fingerprint density at radius 2 is 2.25 bits per heavy atom. The van der Waals surface area contributed by atoms with Gasteiger partial charge in [-0.05, 0) is 24.4 Å². The maximum atomic E-state index is 13.6. The van der Waals surface area contributed by atoms with Crippen LogP contribution in [-0.2, 0) is 0 Å². The van der Waals surface area contributed by atoms with Crippen molar-refractivity contribution in [3.63, 3.8) is 0 Å². The van der Waals surface area contributed by atoms with Crippen molar-refractivity contribution in [3.8, 4) is 0 Å². The Morgan fingerprint density at radius 3 is 2.88 bits per heavy atom. The quantitative estimate of drug-likeness (QED) is 0.664. The van der Waals surface area contributed by atoms with Gasteiger partial charge in [-0.25, -0.2) is 9.38 Å². The molecule has 7 heteroatoms. The molecule has 0 saturated heterocycles. The summed E-state index contributed by atoms with van der Waals surface area (Å²) in [5, 5.41) is 5.94. The standard InChI is InChI=1S/C9H8ClFN4S/c10-4-2-1-3-5(11)6(4)7-13-8(12)15-9(16)14-7/h1-3,7H,(H4,12,13,14,15,16)/t7-/m1/s1. The number of aliphatic imine (C=N–C) groups is 1. The van der Waals surface area contributed by atoms with Crippen LogP contribution >= 0.6 is 23.8 Å². The van der Waals surface area contributed by atoms with Gasteiger partial charge in [-0.15, -0.1) is 0 Å². The first-order valence-corrected chi connectivity index (χ1v) is 5.21. The number of rotatable bonds is 1. The summed E-state index contributed by atoms with van der Waals surface area (Å²) in [6, 6.07) is 4.41. The van der Waals surface area contributed by atoms with Crippen LogP contribution in [0.25, 0.3) is 0 Å². The van der Waals surface area contributed by atoms with Crippen molar-refractivity contribution in [1.82, 2.24) is 10.6 Å². The van der Waals surface area contributed by atoms with Crippen molar-refractivity contribution >= 4 is 34.9 Å². The van der Waals surface area contributed by atoms with Gasteiger partial charge in [-0.3, -0.25) is 0 Å². The van der Waals surface area contributed by atoms with Crippen molar-refractivity contribution in [2.24, 2.45) is 10.7 Å². The molecule has 0 fully saturated rings. The van der Waals surface area contributed by atoms with E-state index in [0.29, 0.717) is 0 Å². The maximum Gasteiger partial charge on any atom is 0.197 e. The molecule has 0 aliphatic carbocycles. The fourth-order valence-corrected chi connectivity index (χ4v) is 1.87. The predicted molar refractivity (Wildman–Crippen MR) is 64.6 cm³/mol. The Hall–Kier alpha value is -1.40. The first-order valence-electron chi connectivity index (χ1n) is 4.42. The Balaban J connectivity index is 2.44. The molecule has 1 atom stereocenters. The molecule has 1 heterocycles. The number of hydrogen-bond acceptors (Lipinski definition) is 3. The molecular weight excluding hydrogens is 251 g/mol. The number of thiocarbonyl (C=S) groups is 1. The third-order valence-electron chi connectivity index (χ3n) is 2.05. The van der Waals surface area contributed by atoms with Crippen LogP contribution in [0.1, 0.15) is 11.7 Å². The van der Waals surface area contributed by atoms with Gasteiger partial charge in [0.1, 0.15) is 5.82 Å². The topological polar surface area (TPSA) is 62.4 Å². The van der Waals surface area contributed by atoms with E-state index in [4.69, 9.17) is 29.6 Å². The van der Waals surface area contributed by atoms with Gasteiger partial charge >= 0.3 is 0 Å². The van der Waals surface area contributed by atoms with Gasteiger partial charge in [0.05, 0.1) is 10.6 Å². The molecule has 1 aliphatic rings. The lowest BCUT2D eigenvalue weighted by Gasteiger charge is -2.24.